The van der Waals surface area contributed by atoms with Crippen LogP contribution in [-0.2, 0) is 11.2 Å². The summed E-state index contributed by atoms with van der Waals surface area (Å²) < 4.78 is 1.16. The molecule has 0 unspecified atom stereocenters. The van der Waals surface area contributed by atoms with Gasteiger partial charge in [-0.05, 0) is 37.6 Å². The van der Waals surface area contributed by atoms with Crippen molar-refractivity contribution in [3.05, 3.63) is 64.2 Å². The molecule has 4 nitrogen and oxygen atoms in total. The summed E-state index contributed by atoms with van der Waals surface area (Å²) in [5.74, 6) is -0.0720. The van der Waals surface area contributed by atoms with Gasteiger partial charge in [-0.2, -0.15) is 0 Å². The maximum Gasteiger partial charge on any atom is 0.220 e. The van der Waals surface area contributed by atoms with Gasteiger partial charge in [0.25, 0.3) is 0 Å². The van der Waals surface area contributed by atoms with Crippen molar-refractivity contribution < 1.29 is 9.59 Å². The fourth-order valence-electron chi connectivity index (χ4n) is 2.82. The molecule has 0 aliphatic heterocycles. The van der Waals surface area contributed by atoms with E-state index in [1.54, 1.807) is 11.3 Å². The number of Topliss-reactive ketones (excluding diaryl/α,β-unsaturated/α-hetero) is 1. The molecule has 0 aliphatic carbocycles. The second-order valence-corrected chi connectivity index (χ2v) is 7.53. The molecule has 1 heterocycles. The topological polar surface area (TPSA) is 59.1 Å². The average molecular weight is 366 g/mol. The van der Waals surface area contributed by atoms with E-state index in [1.807, 2.05) is 56.3 Å². The average Bonchev–Trinajstić information content (AvgIpc) is 3.04. The first-order valence-electron chi connectivity index (χ1n) is 8.74. The van der Waals surface area contributed by atoms with Crippen molar-refractivity contribution in [1.82, 2.24) is 10.3 Å². The number of rotatable bonds is 7. The van der Waals surface area contributed by atoms with Crippen LogP contribution in [0.15, 0.2) is 42.5 Å². The Morgan fingerprint density at radius 1 is 1.08 bits per heavy atom. The molecule has 0 atom stereocenters. The summed E-state index contributed by atoms with van der Waals surface area (Å²) in [5, 5.41) is 3.90. The minimum atomic E-state index is -0.0928. The van der Waals surface area contributed by atoms with Crippen molar-refractivity contribution in [2.24, 2.45) is 0 Å². The molecule has 5 heteroatoms. The zero-order valence-electron chi connectivity index (χ0n) is 15.0. The largest absolute Gasteiger partial charge is 0.356 e. The molecule has 0 saturated heterocycles. The summed E-state index contributed by atoms with van der Waals surface area (Å²) in [6, 6.07) is 13.8. The molecule has 0 spiro atoms. The van der Waals surface area contributed by atoms with E-state index in [4.69, 9.17) is 0 Å². The van der Waals surface area contributed by atoms with Crippen LogP contribution in [0.2, 0.25) is 0 Å². The summed E-state index contributed by atoms with van der Waals surface area (Å²) >= 11 is 1.65. The highest BCUT2D eigenvalue weighted by atomic mass is 32.1. The second-order valence-electron chi connectivity index (χ2n) is 6.42. The predicted molar refractivity (Wildman–Crippen MR) is 106 cm³/mol. The van der Waals surface area contributed by atoms with Crippen LogP contribution in [0.4, 0.5) is 0 Å². The molecule has 2 aromatic carbocycles. The van der Waals surface area contributed by atoms with Crippen LogP contribution in [0.1, 0.15) is 39.3 Å². The fourth-order valence-corrected chi connectivity index (χ4v) is 3.79. The van der Waals surface area contributed by atoms with E-state index < -0.39 is 0 Å². The van der Waals surface area contributed by atoms with Gasteiger partial charge in [0.15, 0.2) is 5.78 Å². The molecule has 0 radical (unpaired) electrons. The lowest BCUT2D eigenvalue weighted by molar-refractivity contribution is -0.121. The Labute approximate surface area is 157 Å². The van der Waals surface area contributed by atoms with Gasteiger partial charge in [0, 0.05) is 31.4 Å². The van der Waals surface area contributed by atoms with Gasteiger partial charge in [0.2, 0.25) is 5.91 Å². The molecule has 0 bridgehead atoms. The quantitative estimate of drug-likeness (QED) is 0.637. The van der Waals surface area contributed by atoms with Gasteiger partial charge in [-0.1, -0.05) is 29.8 Å². The van der Waals surface area contributed by atoms with Crippen LogP contribution in [-0.4, -0.2) is 23.2 Å². The van der Waals surface area contributed by atoms with Crippen molar-refractivity contribution in [1.29, 1.82) is 0 Å². The van der Waals surface area contributed by atoms with Crippen LogP contribution in [0, 0.1) is 13.8 Å². The number of para-hydroxylation sites is 1. The Balaban J connectivity index is 1.45. The van der Waals surface area contributed by atoms with Crippen LogP contribution >= 0.6 is 11.3 Å². The minimum Gasteiger partial charge on any atom is -0.356 e. The SMILES string of the molecule is Cc1ccc(C)c(C(=O)CCC(=O)NCCc2nc3ccccc3s2)c1. The second kappa shape index (κ2) is 8.23. The smallest absolute Gasteiger partial charge is 0.220 e. The number of nitrogens with zero attached hydrogens (tertiary/aromatic N) is 1. The number of hydrogen-bond donors (Lipinski definition) is 1. The van der Waals surface area contributed by atoms with Crippen molar-refractivity contribution in [3.63, 3.8) is 0 Å². The molecule has 1 N–H and O–H groups in total. The molecule has 0 fully saturated rings. The molecule has 0 aliphatic rings. The van der Waals surface area contributed by atoms with E-state index in [0.29, 0.717) is 18.5 Å². The van der Waals surface area contributed by atoms with E-state index >= 15 is 0 Å². The molecule has 26 heavy (non-hydrogen) atoms. The summed E-state index contributed by atoms with van der Waals surface area (Å²) in [6.45, 7) is 4.42. The number of aromatic nitrogens is 1. The number of hydrogen-bond acceptors (Lipinski definition) is 4. The molecular formula is C21H22N2O2S. The first-order chi connectivity index (χ1) is 12.5. The fraction of sp³-hybridized carbons (Fsp3) is 0.286. The van der Waals surface area contributed by atoms with Crippen LogP contribution in [0.5, 0.6) is 0 Å². The van der Waals surface area contributed by atoms with Gasteiger partial charge in [0.05, 0.1) is 15.2 Å². The van der Waals surface area contributed by atoms with Gasteiger partial charge in [-0.15, -0.1) is 11.3 Å². The normalized spacial score (nSPS) is 10.8. The maximum atomic E-state index is 12.3. The number of thiazole rings is 1. The third-order valence-corrected chi connectivity index (χ3v) is 5.37. The van der Waals surface area contributed by atoms with Crippen molar-refractivity contribution in [2.75, 3.05) is 6.54 Å². The minimum absolute atomic E-state index is 0.0209. The summed E-state index contributed by atoms with van der Waals surface area (Å²) in [5.41, 5.74) is 3.72. The Morgan fingerprint density at radius 3 is 2.69 bits per heavy atom. The molecule has 0 saturated carbocycles. The standard InChI is InChI=1S/C21H22N2O2S/c1-14-7-8-15(2)16(13-14)18(24)9-10-20(25)22-12-11-21-23-17-5-3-4-6-19(17)26-21/h3-8,13H,9-12H2,1-2H3,(H,22,25). The van der Waals surface area contributed by atoms with Crippen molar-refractivity contribution >= 4 is 33.2 Å². The van der Waals surface area contributed by atoms with Gasteiger partial charge in [-0.3, -0.25) is 9.59 Å². The summed E-state index contributed by atoms with van der Waals surface area (Å²) in [7, 11) is 0. The monoisotopic (exact) mass is 366 g/mol. The maximum absolute atomic E-state index is 12.3. The number of nitrogens with one attached hydrogen (secondary N) is 1. The van der Waals surface area contributed by atoms with Gasteiger partial charge in [-0.25, -0.2) is 4.98 Å². The van der Waals surface area contributed by atoms with Crippen molar-refractivity contribution in [3.8, 4) is 0 Å². The molecule has 134 valence electrons. The van der Waals surface area contributed by atoms with Gasteiger partial charge >= 0.3 is 0 Å². The molecular weight excluding hydrogens is 344 g/mol. The first kappa shape index (κ1) is 18.3. The third-order valence-electron chi connectivity index (χ3n) is 4.27. The van der Waals surface area contributed by atoms with Crippen LogP contribution in [0.3, 0.4) is 0 Å². The Bertz CT molecular complexity index is 913. The van der Waals surface area contributed by atoms with Gasteiger partial charge in [0.1, 0.15) is 0 Å². The number of carbonyl (C=O) groups is 2. The first-order valence-corrected chi connectivity index (χ1v) is 9.56. The lowest BCUT2D eigenvalue weighted by Crippen LogP contribution is -2.26. The van der Waals surface area contributed by atoms with E-state index in [1.165, 1.54) is 0 Å². The third kappa shape index (κ3) is 4.55. The Morgan fingerprint density at radius 2 is 1.88 bits per heavy atom. The Kier molecular flexibility index (Phi) is 5.78. The molecule has 1 amide bonds. The van der Waals surface area contributed by atoms with E-state index in [-0.39, 0.29) is 24.5 Å². The molecule has 3 aromatic rings. The molecule has 3 rings (SSSR count). The highest BCUT2D eigenvalue weighted by Gasteiger charge is 2.12. The van der Waals surface area contributed by atoms with E-state index in [0.717, 1.165) is 26.4 Å². The van der Waals surface area contributed by atoms with E-state index in [9.17, 15) is 9.59 Å². The van der Waals surface area contributed by atoms with Crippen LogP contribution < -0.4 is 5.32 Å². The predicted octanol–water partition coefficient (Wildman–Crippen LogP) is 4.23. The lowest BCUT2D eigenvalue weighted by Gasteiger charge is -2.07. The van der Waals surface area contributed by atoms with Crippen molar-refractivity contribution in [2.45, 2.75) is 33.1 Å². The number of ketones is 1. The van der Waals surface area contributed by atoms with Crippen LogP contribution in [0.25, 0.3) is 10.2 Å². The number of benzene rings is 2. The summed E-state index contributed by atoms with van der Waals surface area (Å²) in [4.78, 5) is 28.9. The molecule has 1 aromatic heterocycles. The summed E-state index contributed by atoms with van der Waals surface area (Å²) in [6.07, 6.45) is 1.15. The zero-order chi connectivity index (χ0) is 18.5. The van der Waals surface area contributed by atoms with Gasteiger partial charge < -0.3 is 5.32 Å². The number of fused-ring (bicyclic) bond motifs is 1. The number of carbonyl (C=O) groups excluding carboxylic acids is 2. The van der Waals surface area contributed by atoms with E-state index in [2.05, 4.69) is 10.3 Å². The highest BCUT2D eigenvalue weighted by molar-refractivity contribution is 7.18. The zero-order valence-corrected chi connectivity index (χ0v) is 15.9. The Hall–Kier alpha value is -2.53. The number of amides is 1. The lowest BCUT2D eigenvalue weighted by atomic mass is 9.99. The number of aryl methyl sites for hydroxylation is 2. The highest BCUT2D eigenvalue weighted by Crippen LogP contribution is 2.21.